The summed E-state index contributed by atoms with van der Waals surface area (Å²) in [5.74, 6) is -1.24. The van der Waals surface area contributed by atoms with Gasteiger partial charge in [0.25, 0.3) is 0 Å². The van der Waals surface area contributed by atoms with Crippen molar-refractivity contribution in [3.8, 4) is 0 Å². The fourth-order valence-corrected chi connectivity index (χ4v) is 5.61. The Hall–Kier alpha value is -3.31. The number of alkyl halides is 3. The van der Waals surface area contributed by atoms with Crippen LogP contribution < -0.4 is 0 Å². The summed E-state index contributed by atoms with van der Waals surface area (Å²) in [4.78, 5) is 27.1. The number of aliphatic carboxylic acids is 1. The normalized spacial score (nSPS) is 19.1. The Labute approximate surface area is 254 Å². The quantitative estimate of drug-likeness (QED) is 0.0921. The number of carboxylic acids is 1. The van der Waals surface area contributed by atoms with E-state index in [2.05, 4.69) is 22.0 Å². The largest absolute Gasteiger partial charge is 2.00 e. The number of pyridine rings is 2. The van der Waals surface area contributed by atoms with E-state index in [9.17, 15) is 28.2 Å². The number of quaternary nitrogens is 1. The number of carboxylic acid groups (broad SMARTS) is 1. The Bertz CT molecular complexity index is 1310. The van der Waals surface area contributed by atoms with Gasteiger partial charge in [0, 0.05) is 18.9 Å². The predicted octanol–water partition coefficient (Wildman–Crippen LogP) is 5.79. The number of halogens is 3. The number of nitrogens with zero attached hydrogens (tertiary/aromatic N) is 5. The van der Waals surface area contributed by atoms with Crippen LogP contribution in [0.2, 0.25) is 0 Å². The first-order valence-electron chi connectivity index (χ1n) is 13.4. The van der Waals surface area contributed by atoms with E-state index in [1.165, 1.54) is 12.1 Å². The average Bonchev–Trinajstić information content (AvgIpc) is 2.93. The molecule has 42 heavy (non-hydrogen) atoms. The Balaban J connectivity index is 0.00000484. The van der Waals surface area contributed by atoms with Crippen molar-refractivity contribution in [2.75, 3.05) is 13.1 Å². The molecule has 224 valence electrons. The van der Waals surface area contributed by atoms with Crippen LogP contribution in [0.5, 0.6) is 0 Å². The van der Waals surface area contributed by atoms with E-state index in [-0.39, 0.29) is 58.3 Å². The van der Waals surface area contributed by atoms with Crippen molar-refractivity contribution in [1.82, 2.24) is 14.9 Å². The van der Waals surface area contributed by atoms with Gasteiger partial charge in [0.15, 0.2) is 6.54 Å². The first-order chi connectivity index (χ1) is 19.5. The predicted molar refractivity (Wildman–Crippen MR) is 148 cm³/mol. The molecule has 1 saturated carbocycles. The van der Waals surface area contributed by atoms with E-state index >= 15 is 0 Å². The average molecular weight is 625 g/mol. The minimum absolute atomic E-state index is 0. The molecule has 3 atom stereocenters. The molecule has 2 aromatic heterocycles. The van der Waals surface area contributed by atoms with E-state index in [1.54, 1.807) is 24.5 Å². The molecular weight excluding hydrogens is 591 g/mol. The third-order valence-corrected chi connectivity index (χ3v) is 7.41. The molecule has 2 heterocycles. The summed E-state index contributed by atoms with van der Waals surface area (Å²) in [6.07, 6.45) is 2.16. The third-order valence-electron chi connectivity index (χ3n) is 7.41. The molecule has 0 bridgehead atoms. The summed E-state index contributed by atoms with van der Waals surface area (Å²) in [7, 11) is 4.43. The van der Waals surface area contributed by atoms with Crippen molar-refractivity contribution in [1.29, 1.82) is 0 Å². The molecule has 0 saturated heterocycles. The molecule has 3 aromatic rings. The summed E-state index contributed by atoms with van der Waals surface area (Å²) in [5.41, 5.74) is 0.880. The maximum absolute atomic E-state index is 13.0. The standard InChI is InChI=1S/C30H34F3N5O3.Fe/c1-38(21-29(40)41,20-25-9-5-7-17-35-25)27-11-3-2-10-26(27)37(18-24-8-4-6-16-34-24)19-28(39)36-23-14-12-22(13-15-23)30(31,32)33;/h4-9,12-17,26-27H,1-3,10-11,18-21H2,(H,36,39)(H,40,41);/q;+2/t26?,27-,38?;/m0./s1. The van der Waals surface area contributed by atoms with Gasteiger partial charge >= 0.3 is 29.2 Å². The minimum Gasteiger partial charge on any atom is -0.495 e. The number of hydrogen-bond acceptors (Lipinski definition) is 5. The number of rotatable bonds is 11. The van der Waals surface area contributed by atoms with Crippen LogP contribution in [-0.4, -0.2) is 66.6 Å². The van der Waals surface area contributed by atoms with E-state index in [0.717, 1.165) is 49.2 Å². The third kappa shape index (κ3) is 9.09. The molecule has 1 fully saturated rings. The van der Waals surface area contributed by atoms with Crippen molar-refractivity contribution in [3.63, 3.8) is 0 Å². The molecule has 0 amide bonds. The fraction of sp³-hybridized carbons (Fsp3) is 0.367. The smallest absolute Gasteiger partial charge is 0.495 e. The molecule has 2 unspecified atom stereocenters. The Morgan fingerprint density at radius 1 is 0.976 bits per heavy atom. The van der Waals surface area contributed by atoms with Gasteiger partial charge in [-0.25, -0.2) is 9.79 Å². The number of aliphatic hydroxyl groups excluding tert-OH is 1. The monoisotopic (exact) mass is 625 g/mol. The van der Waals surface area contributed by atoms with Gasteiger partial charge in [-0.15, -0.1) is 7.05 Å². The number of carbonyl (C=O) groups is 1. The van der Waals surface area contributed by atoms with Crippen molar-refractivity contribution in [3.05, 3.63) is 97.1 Å². The second-order valence-corrected chi connectivity index (χ2v) is 10.5. The summed E-state index contributed by atoms with van der Waals surface area (Å²) in [6.45, 7) is 0.457. The maximum Gasteiger partial charge on any atom is 2.00 e. The van der Waals surface area contributed by atoms with Gasteiger partial charge in [0.05, 0.1) is 47.8 Å². The minimum atomic E-state index is -4.47. The molecular formula is C30H34F3FeN5O3+2. The Morgan fingerprint density at radius 3 is 2.17 bits per heavy atom. The van der Waals surface area contributed by atoms with Gasteiger partial charge in [0.2, 0.25) is 5.90 Å². The van der Waals surface area contributed by atoms with Crippen LogP contribution in [0.1, 0.15) is 42.6 Å². The number of aliphatic imine (C=N–C) groups is 1. The molecule has 2 N–H and O–H groups in total. The van der Waals surface area contributed by atoms with Crippen molar-refractivity contribution in [2.45, 2.75) is 57.0 Å². The summed E-state index contributed by atoms with van der Waals surface area (Å²) in [5, 5.41) is 20.8. The Kier molecular flexibility index (Phi) is 11.6. The zero-order chi connectivity index (χ0) is 29.5. The van der Waals surface area contributed by atoms with Crippen molar-refractivity contribution >= 4 is 17.6 Å². The van der Waals surface area contributed by atoms with Gasteiger partial charge < -0.3 is 14.7 Å². The number of benzene rings is 1. The van der Waals surface area contributed by atoms with Gasteiger partial charge in [-0.1, -0.05) is 18.6 Å². The Morgan fingerprint density at radius 2 is 1.60 bits per heavy atom. The number of hydrogen-bond donors (Lipinski definition) is 2. The van der Waals surface area contributed by atoms with Crippen LogP contribution in [0.3, 0.4) is 0 Å². The second kappa shape index (κ2) is 14.7. The van der Waals surface area contributed by atoms with Gasteiger partial charge in [-0.3, -0.25) is 14.9 Å². The second-order valence-electron chi connectivity index (χ2n) is 10.5. The van der Waals surface area contributed by atoms with Gasteiger partial charge in [-0.05, 0) is 67.8 Å². The zero-order valence-corrected chi connectivity index (χ0v) is 24.1. The molecule has 8 nitrogen and oxygen atoms in total. The molecule has 1 aliphatic carbocycles. The van der Waals surface area contributed by atoms with Crippen LogP contribution in [-0.2, 0) is 41.1 Å². The van der Waals surface area contributed by atoms with Crippen molar-refractivity contribution < 1.29 is 49.7 Å². The summed E-state index contributed by atoms with van der Waals surface area (Å²) >= 11 is 0. The molecule has 0 spiro atoms. The van der Waals surface area contributed by atoms with E-state index in [4.69, 9.17) is 0 Å². The molecule has 0 radical (unpaired) electrons. The van der Waals surface area contributed by atoms with E-state index < -0.39 is 17.7 Å². The van der Waals surface area contributed by atoms with E-state index in [1.807, 2.05) is 29.2 Å². The first-order valence-corrected chi connectivity index (χ1v) is 13.4. The summed E-state index contributed by atoms with van der Waals surface area (Å²) in [6, 6.07) is 14.9. The maximum atomic E-state index is 13.0. The topological polar surface area (TPSA) is 98.9 Å². The molecule has 1 aliphatic rings. The van der Waals surface area contributed by atoms with Crippen LogP contribution in [0.15, 0.2) is 78.0 Å². The molecule has 4 rings (SSSR count). The molecule has 1 aromatic carbocycles. The van der Waals surface area contributed by atoms with Crippen LogP contribution in [0.25, 0.3) is 0 Å². The SMILES string of the molecule is [CH2-][N+](CC(=O)O)(Cc1ccccn1)[C@H]1CCCCC1N(CC(O)=Nc1ccc(C(F)(F)F)cc1)Cc1ccccn1.[Fe+2]. The fourth-order valence-electron chi connectivity index (χ4n) is 5.61. The van der Waals surface area contributed by atoms with E-state index in [0.29, 0.717) is 13.1 Å². The summed E-state index contributed by atoms with van der Waals surface area (Å²) < 4.78 is 38.9. The van der Waals surface area contributed by atoms with Crippen LogP contribution in [0, 0.1) is 7.05 Å². The van der Waals surface area contributed by atoms with Gasteiger partial charge in [-0.2, -0.15) is 13.2 Å². The van der Waals surface area contributed by atoms with Gasteiger partial charge in [0.1, 0.15) is 0 Å². The van der Waals surface area contributed by atoms with Crippen molar-refractivity contribution in [2.24, 2.45) is 4.99 Å². The molecule has 12 heteroatoms. The molecule has 0 aliphatic heterocycles. The van der Waals surface area contributed by atoms with Crippen LogP contribution >= 0.6 is 0 Å². The first kappa shape index (κ1) is 33.2. The number of aromatic nitrogens is 2. The zero-order valence-electron chi connectivity index (χ0n) is 23.0. The number of aliphatic hydroxyl groups is 1. The van der Waals surface area contributed by atoms with Crippen LogP contribution in [0.4, 0.5) is 18.9 Å².